The second kappa shape index (κ2) is 8.88. The van der Waals surface area contributed by atoms with Gasteiger partial charge in [-0.25, -0.2) is 0 Å². The molecule has 3 nitrogen and oxygen atoms in total. The number of amides is 1. The highest BCUT2D eigenvalue weighted by Crippen LogP contribution is 2.11. The molecule has 0 aliphatic heterocycles. The first-order valence-electron chi connectivity index (χ1n) is 6.59. The zero-order chi connectivity index (χ0) is 14.1. The van der Waals surface area contributed by atoms with Gasteiger partial charge in [0, 0.05) is 23.6 Å². The molecular weight excluding hydrogens is 304 g/mol. The maximum atomic E-state index is 11.6. The number of nitrogens with zero attached hydrogens (tertiary/aromatic N) is 1. The van der Waals surface area contributed by atoms with E-state index in [0.29, 0.717) is 6.54 Å². The van der Waals surface area contributed by atoms with Gasteiger partial charge in [-0.2, -0.15) is 0 Å². The zero-order valence-electron chi connectivity index (χ0n) is 11.5. The van der Waals surface area contributed by atoms with Crippen LogP contribution in [0.15, 0.2) is 34.8 Å². The molecule has 0 radical (unpaired) electrons. The Hall–Kier alpha value is -1.13. The van der Waals surface area contributed by atoms with Gasteiger partial charge >= 0.3 is 0 Å². The van der Waals surface area contributed by atoms with Gasteiger partial charge in [0.1, 0.15) is 0 Å². The van der Waals surface area contributed by atoms with Crippen molar-refractivity contribution in [2.24, 2.45) is 0 Å². The lowest BCUT2D eigenvalue weighted by Gasteiger charge is -2.17. The van der Waals surface area contributed by atoms with Crippen LogP contribution in [0.1, 0.15) is 19.4 Å². The normalized spacial score (nSPS) is 11.2. The van der Waals surface area contributed by atoms with E-state index in [9.17, 15) is 4.79 Å². The van der Waals surface area contributed by atoms with Gasteiger partial charge in [-0.15, -0.1) is 0 Å². The summed E-state index contributed by atoms with van der Waals surface area (Å²) < 4.78 is 1.04. The summed E-state index contributed by atoms with van der Waals surface area (Å²) in [5.41, 5.74) is 1.02. The molecule has 1 aromatic carbocycles. The minimum absolute atomic E-state index is 0.0462. The van der Waals surface area contributed by atoms with Crippen molar-refractivity contribution in [3.8, 4) is 0 Å². The first-order valence-corrected chi connectivity index (χ1v) is 7.38. The molecule has 0 aliphatic carbocycles. The zero-order valence-corrected chi connectivity index (χ0v) is 13.1. The average Bonchev–Trinajstić information content (AvgIpc) is 2.43. The maximum absolute atomic E-state index is 11.6. The second-order valence-corrected chi connectivity index (χ2v) is 5.12. The van der Waals surface area contributed by atoms with Gasteiger partial charge < -0.3 is 10.2 Å². The number of carbonyl (C=O) groups is 1. The van der Waals surface area contributed by atoms with Crippen LogP contribution >= 0.6 is 15.9 Å². The van der Waals surface area contributed by atoms with E-state index in [1.807, 2.05) is 30.3 Å². The second-order valence-electron chi connectivity index (χ2n) is 4.20. The van der Waals surface area contributed by atoms with Crippen molar-refractivity contribution in [3.63, 3.8) is 0 Å². The Morgan fingerprint density at radius 1 is 1.26 bits per heavy atom. The smallest absolute Gasteiger partial charge is 0.244 e. The molecule has 19 heavy (non-hydrogen) atoms. The Kier molecular flexibility index (Phi) is 7.45. The number of carbonyl (C=O) groups excluding carboxylic acids is 1. The summed E-state index contributed by atoms with van der Waals surface area (Å²) in [4.78, 5) is 13.9. The quantitative estimate of drug-likeness (QED) is 0.782. The fraction of sp³-hybridized carbons (Fsp3) is 0.400. The lowest BCUT2D eigenvalue weighted by atomic mass is 10.2. The van der Waals surface area contributed by atoms with Crippen molar-refractivity contribution in [1.82, 2.24) is 10.2 Å². The molecule has 0 saturated carbocycles. The number of rotatable bonds is 7. The van der Waals surface area contributed by atoms with Crippen LogP contribution in [0, 0.1) is 0 Å². The molecule has 0 spiro atoms. The van der Waals surface area contributed by atoms with E-state index < -0.39 is 0 Å². The monoisotopic (exact) mass is 324 g/mol. The summed E-state index contributed by atoms with van der Waals surface area (Å²) >= 11 is 3.38. The number of benzene rings is 1. The van der Waals surface area contributed by atoms with Gasteiger partial charge in [0.25, 0.3) is 0 Å². The Labute approximate surface area is 123 Å². The lowest BCUT2D eigenvalue weighted by molar-refractivity contribution is -0.116. The average molecular weight is 325 g/mol. The highest BCUT2D eigenvalue weighted by molar-refractivity contribution is 9.10. The van der Waals surface area contributed by atoms with Crippen LogP contribution in [0.3, 0.4) is 0 Å². The first kappa shape index (κ1) is 15.9. The van der Waals surface area contributed by atoms with E-state index in [1.54, 1.807) is 6.08 Å². The molecule has 1 N–H and O–H groups in total. The van der Waals surface area contributed by atoms with E-state index in [-0.39, 0.29) is 5.91 Å². The molecule has 104 valence electrons. The molecule has 0 bridgehead atoms. The van der Waals surface area contributed by atoms with Gasteiger partial charge in [-0.1, -0.05) is 41.9 Å². The third-order valence-electron chi connectivity index (χ3n) is 2.92. The SMILES string of the molecule is CCN(CC)CCNC(=O)/C=C/c1ccc(Br)cc1. The van der Waals surface area contributed by atoms with Crippen LogP contribution in [-0.2, 0) is 4.79 Å². The van der Waals surface area contributed by atoms with Gasteiger partial charge in [-0.05, 0) is 36.9 Å². The van der Waals surface area contributed by atoms with Gasteiger partial charge in [-0.3, -0.25) is 4.79 Å². The van der Waals surface area contributed by atoms with Crippen LogP contribution in [0.25, 0.3) is 6.08 Å². The van der Waals surface area contributed by atoms with Crippen LogP contribution < -0.4 is 5.32 Å². The summed E-state index contributed by atoms with van der Waals surface area (Å²) in [5, 5.41) is 2.89. The first-order chi connectivity index (χ1) is 9.15. The van der Waals surface area contributed by atoms with Crippen LogP contribution in [-0.4, -0.2) is 37.0 Å². The summed E-state index contributed by atoms with van der Waals surface area (Å²) in [6, 6.07) is 7.84. The van der Waals surface area contributed by atoms with Crippen molar-refractivity contribution in [2.75, 3.05) is 26.2 Å². The summed E-state index contributed by atoms with van der Waals surface area (Å²) in [5.74, 6) is -0.0462. The van der Waals surface area contributed by atoms with E-state index in [4.69, 9.17) is 0 Å². The molecule has 0 aliphatic rings. The third kappa shape index (κ3) is 6.55. The van der Waals surface area contributed by atoms with Crippen LogP contribution in [0.2, 0.25) is 0 Å². The van der Waals surface area contributed by atoms with Crippen LogP contribution in [0.4, 0.5) is 0 Å². The predicted octanol–water partition coefficient (Wildman–Crippen LogP) is 2.92. The molecule has 0 fully saturated rings. The van der Waals surface area contributed by atoms with E-state index >= 15 is 0 Å². The molecule has 0 saturated heterocycles. The van der Waals surface area contributed by atoms with E-state index in [1.165, 1.54) is 0 Å². The summed E-state index contributed by atoms with van der Waals surface area (Å²) in [7, 11) is 0. The number of hydrogen-bond donors (Lipinski definition) is 1. The third-order valence-corrected chi connectivity index (χ3v) is 3.45. The van der Waals surface area contributed by atoms with Gasteiger partial charge in [0.05, 0.1) is 0 Å². The lowest BCUT2D eigenvalue weighted by Crippen LogP contribution is -2.34. The Bertz CT molecular complexity index is 411. The topological polar surface area (TPSA) is 32.3 Å². The van der Waals surface area contributed by atoms with Gasteiger partial charge in [0.15, 0.2) is 0 Å². The molecule has 0 aromatic heterocycles. The Balaban J connectivity index is 2.32. The Morgan fingerprint density at radius 2 is 1.89 bits per heavy atom. The maximum Gasteiger partial charge on any atom is 0.244 e. The molecule has 1 amide bonds. The van der Waals surface area contributed by atoms with Gasteiger partial charge in [0.2, 0.25) is 5.91 Å². The molecule has 1 rings (SSSR count). The number of nitrogens with one attached hydrogen (secondary N) is 1. The minimum atomic E-state index is -0.0462. The van der Waals surface area contributed by atoms with E-state index in [2.05, 4.69) is 40.0 Å². The number of hydrogen-bond acceptors (Lipinski definition) is 2. The standard InChI is InChI=1S/C15H21BrN2O/c1-3-18(4-2)12-11-17-15(19)10-7-13-5-8-14(16)9-6-13/h5-10H,3-4,11-12H2,1-2H3,(H,17,19)/b10-7+. The van der Waals surface area contributed by atoms with Crippen molar-refractivity contribution in [2.45, 2.75) is 13.8 Å². The number of likely N-dealkylation sites (N-methyl/N-ethyl adjacent to an activating group) is 1. The fourth-order valence-corrected chi connectivity index (χ4v) is 1.95. The summed E-state index contributed by atoms with van der Waals surface area (Å²) in [6.07, 6.45) is 3.39. The highest BCUT2D eigenvalue weighted by atomic mass is 79.9. The molecular formula is C15H21BrN2O. The molecule has 1 aromatic rings. The molecule has 0 heterocycles. The van der Waals surface area contributed by atoms with Crippen molar-refractivity contribution >= 4 is 27.9 Å². The van der Waals surface area contributed by atoms with Crippen molar-refractivity contribution in [3.05, 3.63) is 40.4 Å². The molecule has 0 unspecified atom stereocenters. The van der Waals surface area contributed by atoms with E-state index in [0.717, 1.165) is 29.7 Å². The predicted molar refractivity (Wildman–Crippen MR) is 84.0 cm³/mol. The Morgan fingerprint density at radius 3 is 2.47 bits per heavy atom. The van der Waals surface area contributed by atoms with Crippen molar-refractivity contribution < 1.29 is 4.79 Å². The van der Waals surface area contributed by atoms with Crippen molar-refractivity contribution in [1.29, 1.82) is 0 Å². The van der Waals surface area contributed by atoms with Crippen LogP contribution in [0.5, 0.6) is 0 Å². The summed E-state index contributed by atoms with van der Waals surface area (Å²) in [6.45, 7) is 7.86. The molecule has 4 heteroatoms. The highest BCUT2D eigenvalue weighted by Gasteiger charge is 1.99. The molecule has 0 atom stereocenters. The number of halogens is 1. The largest absolute Gasteiger partial charge is 0.351 e. The fourth-order valence-electron chi connectivity index (χ4n) is 1.68. The minimum Gasteiger partial charge on any atom is -0.351 e.